The number of carbonyl (C=O) groups excluding carboxylic acids is 1. The number of aromatic amines is 1. The zero-order valence-corrected chi connectivity index (χ0v) is 15.1. The van der Waals surface area contributed by atoms with Gasteiger partial charge in [0.15, 0.2) is 0 Å². The molecule has 1 heterocycles. The van der Waals surface area contributed by atoms with E-state index in [1.165, 1.54) is 21.9 Å². The highest BCUT2D eigenvalue weighted by atomic mass is 16.2. The van der Waals surface area contributed by atoms with E-state index in [2.05, 4.69) is 51.1 Å². The van der Waals surface area contributed by atoms with Crippen LogP contribution in [0.4, 0.5) is 0 Å². The molecule has 3 aromatic carbocycles. The quantitative estimate of drug-likeness (QED) is 0.422. The van der Waals surface area contributed by atoms with Crippen LogP contribution >= 0.6 is 0 Å². The van der Waals surface area contributed by atoms with Crippen molar-refractivity contribution in [2.24, 2.45) is 5.10 Å². The van der Waals surface area contributed by atoms with Crippen molar-refractivity contribution in [2.45, 2.75) is 12.8 Å². The molecule has 5 nitrogen and oxygen atoms in total. The van der Waals surface area contributed by atoms with E-state index in [1.54, 1.807) is 12.3 Å². The molecule has 1 amide bonds. The molecule has 0 saturated heterocycles. The van der Waals surface area contributed by atoms with Crippen LogP contribution in [-0.4, -0.2) is 22.3 Å². The van der Waals surface area contributed by atoms with Gasteiger partial charge >= 0.3 is 0 Å². The fraction of sp³-hybridized carbons (Fsp3) is 0.0870. The van der Waals surface area contributed by atoms with Crippen LogP contribution in [0, 0.1) is 0 Å². The summed E-state index contributed by atoms with van der Waals surface area (Å²) < 4.78 is 0. The molecule has 2 N–H and O–H groups in total. The number of hydrazone groups is 1. The van der Waals surface area contributed by atoms with Crippen molar-refractivity contribution in [3.8, 4) is 11.3 Å². The topological polar surface area (TPSA) is 70.1 Å². The van der Waals surface area contributed by atoms with Crippen LogP contribution in [0.15, 0.2) is 71.8 Å². The number of nitrogens with one attached hydrogen (secondary N) is 2. The van der Waals surface area contributed by atoms with E-state index in [9.17, 15) is 4.79 Å². The van der Waals surface area contributed by atoms with Crippen LogP contribution in [0.5, 0.6) is 0 Å². The fourth-order valence-corrected chi connectivity index (χ4v) is 3.81. The Morgan fingerprint density at radius 3 is 2.68 bits per heavy atom. The molecule has 1 aliphatic carbocycles. The van der Waals surface area contributed by atoms with Gasteiger partial charge in [0, 0.05) is 5.56 Å². The molecule has 0 fully saturated rings. The van der Waals surface area contributed by atoms with Gasteiger partial charge in [-0.25, -0.2) is 5.43 Å². The third-order valence-corrected chi connectivity index (χ3v) is 5.15. The summed E-state index contributed by atoms with van der Waals surface area (Å²) in [5.74, 6) is -0.322. The van der Waals surface area contributed by atoms with Crippen molar-refractivity contribution < 1.29 is 4.79 Å². The van der Waals surface area contributed by atoms with Gasteiger partial charge in [0.05, 0.1) is 11.9 Å². The van der Waals surface area contributed by atoms with Crippen LogP contribution in [0.3, 0.4) is 0 Å². The van der Waals surface area contributed by atoms with Crippen molar-refractivity contribution in [3.63, 3.8) is 0 Å². The monoisotopic (exact) mass is 366 g/mol. The van der Waals surface area contributed by atoms with E-state index in [4.69, 9.17) is 0 Å². The zero-order chi connectivity index (χ0) is 18.9. The maximum atomic E-state index is 12.4. The summed E-state index contributed by atoms with van der Waals surface area (Å²) in [5, 5.41) is 13.7. The first kappa shape index (κ1) is 16.4. The number of carbonyl (C=O) groups is 1. The SMILES string of the molecule is O=C(NN=Cc1ccccc1)c1cc(-c2ccc3c4c(cccc24)CC3)n[nH]1. The smallest absolute Gasteiger partial charge is 0.272 e. The van der Waals surface area contributed by atoms with Gasteiger partial charge in [-0.05, 0) is 46.4 Å². The van der Waals surface area contributed by atoms with Crippen LogP contribution < -0.4 is 5.43 Å². The highest BCUT2D eigenvalue weighted by Gasteiger charge is 2.18. The summed E-state index contributed by atoms with van der Waals surface area (Å²) in [6, 6.07) is 22.1. The number of benzene rings is 3. The lowest BCUT2D eigenvalue weighted by Crippen LogP contribution is -2.17. The van der Waals surface area contributed by atoms with Gasteiger partial charge in [-0.3, -0.25) is 9.89 Å². The van der Waals surface area contributed by atoms with Gasteiger partial charge in [-0.1, -0.05) is 60.7 Å². The number of hydrogen-bond acceptors (Lipinski definition) is 3. The Morgan fingerprint density at radius 1 is 1.00 bits per heavy atom. The molecule has 1 aliphatic rings. The van der Waals surface area contributed by atoms with Gasteiger partial charge in [0.25, 0.3) is 5.91 Å². The Hall–Kier alpha value is -3.73. The molecule has 0 aliphatic heterocycles. The van der Waals surface area contributed by atoms with E-state index < -0.39 is 0 Å². The van der Waals surface area contributed by atoms with Crippen LogP contribution in [0.1, 0.15) is 27.2 Å². The van der Waals surface area contributed by atoms with Gasteiger partial charge in [-0.2, -0.15) is 10.2 Å². The second-order valence-electron chi connectivity index (χ2n) is 6.89. The van der Waals surface area contributed by atoms with Gasteiger partial charge in [-0.15, -0.1) is 0 Å². The lowest BCUT2D eigenvalue weighted by molar-refractivity contribution is 0.0950. The number of rotatable bonds is 4. The molecule has 28 heavy (non-hydrogen) atoms. The lowest BCUT2D eigenvalue weighted by atomic mass is 9.98. The van der Waals surface area contributed by atoms with Crippen LogP contribution in [0.25, 0.3) is 22.0 Å². The fourth-order valence-electron chi connectivity index (χ4n) is 3.81. The maximum Gasteiger partial charge on any atom is 0.289 e. The molecule has 1 aromatic heterocycles. The number of hydrogen-bond donors (Lipinski definition) is 2. The summed E-state index contributed by atoms with van der Waals surface area (Å²) in [6.07, 6.45) is 3.78. The molecule has 0 radical (unpaired) electrons. The lowest BCUT2D eigenvalue weighted by Gasteiger charge is -2.06. The first-order chi connectivity index (χ1) is 13.8. The number of amides is 1. The normalized spacial score (nSPS) is 12.7. The molecule has 5 heteroatoms. The van der Waals surface area contributed by atoms with Crippen molar-refractivity contribution in [1.29, 1.82) is 0 Å². The summed E-state index contributed by atoms with van der Waals surface area (Å²) in [6.45, 7) is 0. The maximum absolute atomic E-state index is 12.4. The Labute approximate surface area is 162 Å². The number of aryl methyl sites for hydroxylation is 2. The van der Waals surface area contributed by atoms with E-state index in [-0.39, 0.29) is 5.91 Å². The predicted molar refractivity (Wildman–Crippen MR) is 110 cm³/mol. The average molecular weight is 366 g/mol. The highest BCUT2D eigenvalue weighted by molar-refractivity contribution is 6.02. The molecule has 0 saturated carbocycles. The number of H-pyrrole nitrogens is 1. The average Bonchev–Trinajstić information content (AvgIpc) is 3.38. The van der Waals surface area contributed by atoms with Gasteiger partial charge in [0.2, 0.25) is 0 Å². The molecular formula is C23H18N4O. The minimum atomic E-state index is -0.322. The Morgan fingerprint density at radius 2 is 1.82 bits per heavy atom. The zero-order valence-electron chi connectivity index (χ0n) is 15.1. The highest BCUT2D eigenvalue weighted by Crippen LogP contribution is 2.36. The summed E-state index contributed by atoms with van der Waals surface area (Å²) in [5.41, 5.74) is 8.40. The number of nitrogens with zero attached hydrogens (tertiary/aromatic N) is 2. The van der Waals surface area contributed by atoms with Crippen molar-refractivity contribution in [3.05, 3.63) is 89.1 Å². The van der Waals surface area contributed by atoms with Gasteiger partial charge in [0.1, 0.15) is 5.69 Å². The molecule has 136 valence electrons. The number of aromatic nitrogens is 2. The van der Waals surface area contributed by atoms with E-state index in [0.29, 0.717) is 5.69 Å². The third-order valence-electron chi connectivity index (χ3n) is 5.15. The molecule has 0 atom stereocenters. The summed E-state index contributed by atoms with van der Waals surface area (Å²) >= 11 is 0. The van der Waals surface area contributed by atoms with Crippen molar-refractivity contribution in [2.75, 3.05) is 0 Å². The minimum absolute atomic E-state index is 0.322. The Kier molecular flexibility index (Phi) is 3.98. The molecule has 4 aromatic rings. The van der Waals surface area contributed by atoms with Crippen molar-refractivity contribution in [1.82, 2.24) is 15.6 Å². The summed E-state index contributed by atoms with van der Waals surface area (Å²) in [4.78, 5) is 12.4. The minimum Gasteiger partial charge on any atom is -0.272 e. The van der Waals surface area contributed by atoms with E-state index >= 15 is 0 Å². The predicted octanol–water partition coefficient (Wildman–Crippen LogP) is 4.09. The van der Waals surface area contributed by atoms with E-state index in [0.717, 1.165) is 29.7 Å². The third kappa shape index (κ3) is 2.87. The molecule has 0 unspecified atom stereocenters. The molecule has 0 bridgehead atoms. The summed E-state index contributed by atoms with van der Waals surface area (Å²) in [7, 11) is 0. The Bertz CT molecular complexity index is 1200. The first-order valence-electron chi connectivity index (χ1n) is 9.27. The Balaban J connectivity index is 1.40. The standard InChI is InChI=1S/C23H18N4O/c28-23(27-24-14-15-5-2-1-3-6-15)21-13-20(25-26-21)18-12-11-17-10-9-16-7-4-8-19(18)22(16)17/h1-8,11-14H,9-10H2,(H,25,26)(H,27,28). The second kappa shape index (κ2) is 6.78. The van der Waals surface area contributed by atoms with Gasteiger partial charge < -0.3 is 0 Å². The van der Waals surface area contributed by atoms with Crippen LogP contribution in [0.2, 0.25) is 0 Å². The van der Waals surface area contributed by atoms with Crippen LogP contribution in [-0.2, 0) is 12.8 Å². The molecule has 0 spiro atoms. The second-order valence-corrected chi connectivity index (χ2v) is 6.89. The van der Waals surface area contributed by atoms with Crippen molar-refractivity contribution >= 4 is 22.9 Å². The molecular weight excluding hydrogens is 348 g/mol. The largest absolute Gasteiger partial charge is 0.289 e. The molecule has 5 rings (SSSR count). The van der Waals surface area contributed by atoms with E-state index in [1.807, 2.05) is 30.3 Å². The first-order valence-corrected chi connectivity index (χ1v) is 9.27.